The van der Waals surface area contributed by atoms with Crippen LogP contribution in [-0.2, 0) is 0 Å². The van der Waals surface area contributed by atoms with E-state index >= 15 is 0 Å². The molecule has 2 rings (SSSR count). The second-order valence-corrected chi connectivity index (χ2v) is 4.34. The van der Waals surface area contributed by atoms with Crippen LogP contribution in [0, 0.1) is 6.92 Å². The van der Waals surface area contributed by atoms with Crippen LogP contribution in [0.15, 0.2) is 42.5 Å². The van der Waals surface area contributed by atoms with Crippen molar-refractivity contribution >= 4 is 0 Å². The molecule has 0 saturated carbocycles. The van der Waals surface area contributed by atoms with Gasteiger partial charge in [0.05, 0.1) is 7.11 Å². The Morgan fingerprint density at radius 2 is 1.68 bits per heavy atom. The SMILES string of the molecule is COc1ccc(-c2ccc(OCCN)cc2C)cc1. The summed E-state index contributed by atoms with van der Waals surface area (Å²) in [5.74, 6) is 1.73. The highest BCUT2D eigenvalue weighted by molar-refractivity contribution is 5.68. The third-order valence-corrected chi connectivity index (χ3v) is 2.99. The summed E-state index contributed by atoms with van der Waals surface area (Å²) in [6, 6.07) is 14.1. The lowest BCUT2D eigenvalue weighted by molar-refractivity contribution is 0.328. The molecular formula is C16H19NO2. The van der Waals surface area contributed by atoms with Gasteiger partial charge in [0.25, 0.3) is 0 Å². The summed E-state index contributed by atoms with van der Waals surface area (Å²) in [5, 5.41) is 0. The molecule has 0 aliphatic heterocycles. The van der Waals surface area contributed by atoms with Crippen molar-refractivity contribution in [2.75, 3.05) is 20.3 Å². The molecule has 0 atom stereocenters. The molecule has 3 heteroatoms. The number of hydrogen-bond acceptors (Lipinski definition) is 3. The van der Waals surface area contributed by atoms with Crippen LogP contribution in [0.4, 0.5) is 0 Å². The largest absolute Gasteiger partial charge is 0.497 e. The van der Waals surface area contributed by atoms with Crippen LogP contribution in [0.5, 0.6) is 11.5 Å². The maximum absolute atomic E-state index is 5.52. The van der Waals surface area contributed by atoms with Gasteiger partial charge in [0.2, 0.25) is 0 Å². The first-order chi connectivity index (χ1) is 9.24. The fourth-order valence-corrected chi connectivity index (χ4v) is 2.00. The fourth-order valence-electron chi connectivity index (χ4n) is 2.00. The van der Waals surface area contributed by atoms with Gasteiger partial charge in [-0.2, -0.15) is 0 Å². The molecule has 0 spiro atoms. The van der Waals surface area contributed by atoms with E-state index in [0.29, 0.717) is 13.2 Å². The maximum atomic E-state index is 5.52. The van der Waals surface area contributed by atoms with Gasteiger partial charge in [-0.15, -0.1) is 0 Å². The zero-order valence-corrected chi connectivity index (χ0v) is 11.3. The summed E-state index contributed by atoms with van der Waals surface area (Å²) in [6.45, 7) is 3.15. The molecule has 3 nitrogen and oxygen atoms in total. The van der Waals surface area contributed by atoms with E-state index in [0.717, 1.165) is 11.5 Å². The molecule has 2 aromatic carbocycles. The van der Waals surface area contributed by atoms with Gasteiger partial charge in [0.1, 0.15) is 18.1 Å². The third kappa shape index (κ3) is 3.26. The molecule has 0 amide bonds. The zero-order valence-electron chi connectivity index (χ0n) is 11.3. The van der Waals surface area contributed by atoms with Crippen LogP contribution in [0.2, 0.25) is 0 Å². The molecule has 0 fully saturated rings. The highest BCUT2D eigenvalue weighted by atomic mass is 16.5. The Labute approximate surface area is 114 Å². The van der Waals surface area contributed by atoms with Gasteiger partial charge in [-0.25, -0.2) is 0 Å². The molecule has 2 N–H and O–H groups in total. The lowest BCUT2D eigenvalue weighted by atomic mass is 10.0. The summed E-state index contributed by atoms with van der Waals surface area (Å²) in [4.78, 5) is 0. The quantitative estimate of drug-likeness (QED) is 0.895. The first kappa shape index (κ1) is 13.4. The Morgan fingerprint density at radius 3 is 2.26 bits per heavy atom. The highest BCUT2D eigenvalue weighted by Crippen LogP contribution is 2.28. The second kappa shape index (κ2) is 6.25. The molecule has 19 heavy (non-hydrogen) atoms. The van der Waals surface area contributed by atoms with Gasteiger partial charge in [0.15, 0.2) is 0 Å². The molecule has 0 heterocycles. The van der Waals surface area contributed by atoms with E-state index in [1.54, 1.807) is 7.11 Å². The van der Waals surface area contributed by atoms with E-state index in [-0.39, 0.29) is 0 Å². The average Bonchev–Trinajstić information content (AvgIpc) is 2.45. The minimum Gasteiger partial charge on any atom is -0.497 e. The predicted molar refractivity (Wildman–Crippen MR) is 77.7 cm³/mol. The van der Waals surface area contributed by atoms with Crippen molar-refractivity contribution in [2.45, 2.75) is 6.92 Å². The number of methoxy groups -OCH3 is 1. The number of ether oxygens (including phenoxy) is 2. The van der Waals surface area contributed by atoms with Crippen molar-refractivity contribution in [1.29, 1.82) is 0 Å². The number of aryl methyl sites for hydroxylation is 1. The fraction of sp³-hybridized carbons (Fsp3) is 0.250. The number of rotatable bonds is 5. The van der Waals surface area contributed by atoms with Crippen molar-refractivity contribution < 1.29 is 9.47 Å². The van der Waals surface area contributed by atoms with E-state index < -0.39 is 0 Å². The summed E-state index contributed by atoms with van der Waals surface area (Å²) in [5.41, 5.74) is 8.97. The van der Waals surface area contributed by atoms with Crippen LogP contribution in [0.25, 0.3) is 11.1 Å². The standard InChI is InChI=1S/C16H19NO2/c1-12-11-15(19-10-9-17)7-8-16(12)13-3-5-14(18-2)6-4-13/h3-8,11H,9-10,17H2,1-2H3. The first-order valence-electron chi connectivity index (χ1n) is 6.32. The average molecular weight is 257 g/mol. The van der Waals surface area contributed by atoms with Crippen molar-refractivity contribution in [3.63, 3.8) is 0 Å². The van der Waals surface area contributed by atoms with Crippen LogP contribution in [0.3, 0.4) is 0 Å². The minimum atomic E-state index is 0.527. The van der Waals surface area contributed by atoms with E-state index in [9.17, 15) is 0 Å². The zero-order chi connectivity index (χ0) is 13.7. The smallest absolute Gasteiger partial charge is 0.119 e. The maximum Gasteiger partial charge on any atom is 0.119 e. The molecule has 0 aliphatic rings. The van der Waals surface area contributed by atoms with Crippen LogP contribution < -0.4 is 15.2 Å². The normalized spacial score (nSPS) is 10.3. The van der Waals surface area contributed by atoms with E-state index in [1.807, 2.05) is 24.3 Å². The van der Waals surface area contributed by atoms with E-state index in [2.05, 4.69) is 25.1 Å². The molecule has 0 saturated heterocycles. The van der Waals surface area contributed by atoms with E-state index in [4.69, 9.17) is 15.2 Å². The Kier molecular flexibility index (Phi) is 4.42. The summed E-state index contributed by atoms with van der Waals surface area (Å²) in [6.07, 6.45) is 0. The molecule has 0 aromatic heterocycles. The number of benzene rings is 2. The number of nitrogens with two attached hydrogens (primary N) is 1. The Morgan fingerprint density at radius 1 is 1.00 bits per heavy atom. The van der Waals surface area contributed by atoms with Gasteiger partial charge in [-0.3, -0.25) is 0 Å². The molecule has 2 aromatic rings. The Balaban J connectivity index is 2.24. The number of hydrogen-bond donors (Lipinski definition) is 1. The van der Waals surface area contributed by atoms with Gasteiger partial charge in [-0.05, 0) is 47.9 Å². The molecule has 0 bridgehead atoms. The van der Waals surface area contributed by atoms with Crippen molar-refractivity contribution in [1.82, 2.24) is 0 Å². The monoisotopic (exact) mass is 257 g/mol. The van der Waals surface area contributed by atoms with Crippen LogP contribution in [0.1, 0.15) is 5.56 Å². The van der Waals surface area contributed by atoms with E-state index in [1.165, 1.54) is 16.7 Å². The first-order valence-corrected chi connectivity index (χ1v) is 6.32. The van der Waals surface area contributed by atoms with Gasteiger partial charge in [-0.1, -0.05) is 18.2 Å². The topological polar surface area (TPSA) is 44.5 Å². The second-order valence-electron chi connectivity index (χ2n) is 4.34. The molecule has 0 aliphatic carbocycles. The minimum absolute atomic E-state index is 0.527. The van der Waals surface area contributed by atoms with Crippen molar-refractivity contribution in [3.8, 4) is 22.6 Å². The Hall–Kier alpha value is -2.00. The Bertz CT molecular complexity index is 535. The van der Waals surface area contributed by atoms with Gasteiger partial charge >= 0.3 is 0 Å². The van der Waals surface area contributed by atoms with Gasteiger partial charge in [0, 0.05) is 6.54 Å². The lowest BCUT2D eigenvalue weighted by Crippen LogP contribution is -2.10. The molecule has 0 radical (unpaired) electrons. The summed E-state index contributed by atoms with van der Waals surface area (Å²) in [7, 11) is 1.67. The van der Waals surface area contributed by atoms with Crippen LogP contribution in [-0.4, -0.2) is 20.3 Å². The highest BCUT2D eigenvalue weighted by Gasteiger charge is 2.04. The molecular weight excluding hydrogens is 238 g/mol. The lowest BCUT2D eigenvalue weighted by Gasteiger charge is -2.10. The summed E-state index contributed by atoms with van der Waals surface area (Å²) >= 11 is 0. The molecule has 100 valence electrons. The summed E-state index contributed by atoms with van der Waals surface area (Å²) < 4.78 is 10.7. The predicted octanol–water partition coefficient (Wildman–Crippen LogP) is 3.01. The van der Waals surface area contributed by atoms with Crippen molar-refractivity contribution in [3.05, 3.63) is 48.0 Å². The van der Waals surface area contributed by atoms with Crippen LogP contribution >= 0.6 is 0 Å². The molecule has 0 unspecified atom stereocenters. The van der Waals surface area contributed by atoms with Gasteiger partial charge < -0.3 is 15.2 Å². The third-order valence-electron chi connectivity index (χ3n) is 2.99. The van der Waals surface area contributed by atoms with Crippen molar-refractivity contribution in [2.24, 2.45) is 5.73 Å².